The molecule has 0 aromatic heterocycles. The van der Waals surface area contributed by atoms with Crippen LogP contribution in [-0.4, -0.2) is 30.8 Å². The highest BCUT2D eigenvalue weighted by atomic mass is 35.5. The van der Waals surface area contributed by atoms with E-state index in [0.717, 1.165) is 6.29 Å². The van der Waals surface area contributed by atoms with E-state index in [0.29, 0.717) is 29.4 Å². The predicted octanol–water partition coefficient (Wildman–Crippen LogP) is 1.87. The zero-order valence-corrected chi connectivity index (χ0v) is 11.1. The zero-order valence-electron chi connectivity index (χ0n) is 10.4. The number of hydrogen-bond donors (Lipinski definition) is 1. The Bertz CT molecular complexity index is 500. The molecule has 1 heterocycles. The maximum Gasteiger partial charge on any atom is 0.245 e. The lowest BCUT2D eigenvalue weighted by atomic mass is 9.96. The summed E-state index contributed by atoms with van der Waals surface area (Å²) in [6, 6.07) is 5.16. The molecular weight excluding hydrogens is 252 g/mol. The average molecular weight is 267 g/mol. The number of benzene rings is 1. The number of nitrogens with one attached hydrogen (secondary N) is 1. The minimum atomic E-state index is -0.721. The Morgan fingerprint density at radius 1 is 1.44 bits per heavy atom. The number of halogens is 1. The SMILES string of the molecule is CC1(C)C(=O)NCCN1c1c(Cl)cccc1C=O. The quantitative estimate of drug-likeness (QED) is 0.832. The van der Waals surface area contributed by atoms with Crippen LogP contribution in [0.3, 0.4) is 0 Å². The van der Waals surface area contributed by atoms with Crippen LogP contribution in [0.4, 0.5) is 5.69 Å². The van der Waals surface area contributed by atoms with E-state index in [4.69, 9.17) is 11.6 Å². The van der Waals surface area contributed by atoms with E-state index in [1.165, 1.54) is 0 Å². The number of amides is 1. The van der Waals surface area contributed by atoms with Crippen LogP contribution >= 0.6 is 11.6 Å². The molecule has 1 fully saturated rings. The first-order chi connectivity index (χ1) is 8.48. The van der Waals surface area contributed by atoms with Gasteiger partial charge in [-0.2, -0.15) is 0 Å². The summed E-state index contributed by atoms with van der Waals surface area (Å²) >= 11 is 6.18. The number of para-hydroxylation sites is 1. The number of aldehydes is 1. The van der Waals surface area contributed by atoms with Crippen LogP contribution in [0.25, 0.3) is 0 Å². The molecule has 0 saturated carbocycles. The standard InChI is InChI=1S/C13H15ClN2O2/c1-13(2)12(18)15-6-7-16(13)11-9(8-17)4-3-5-10(11)14/h3-5,8H,6-7H2,1-2H3,(H,15,18). The number of hydrogen-bond acceptors (Lipinski definition) is 3. The van der Waals surface area contributed by atoms with E-state index >= 15 is 0 Å². The van der Waals surface area contributed by atoms with E-state index < -0.39 is 5.54 Å². The second-order valence-corrected chi connectivity index (χ2v) is 5.17. The van der Waals surface area contributed by atoms with E-state index in [1.807, 2.05) is 18.7 Å². The molecule has 0 atom stereocenters. The van der Waals surface area contributed by atoms with Crippen molar-refractivity contribution in [3.05, 3.63) is 28.8 Å². The number of carbonyl (C=O) groups is 2. The maximum atomic E-state index is 11.9. The first kappa shape index (κ1) is 12.9. The number of nitrogens with zero attached hydrogens (tertiary/aromatic N) is 1. The number of piperazine rings is 1. The van der Waals surface area contributed by atoms with Crippen molar-refractivity contribution in [2.75, 3.05) is 18.0 Å². The molecule has 1 aliphatic rings. The fraction of sp³-hybridized carbons (Fsp3) is 0.385. The summed E-state index contributed by atoms with van der Waals surface area (Å²) in [5.41, 5.74) is 0.417. The van der Waals surface area contributed by atoms with Gasteiger partial charge in [-0.25, -0.2) is 0 Å². The van der Waals surface area contributed by atoms with Gasteiger partial charge in [0.25, 0.3) is 0 Å². The minimum absolute atomic E-state index is 0.0643. The maximum absolute atomic E-state index is 11.9. The third-order valence-electron chi connectivity index (χ3n) is 3.27. The Morgan fingerprint density at radius 2 is 2.17 bits per heavy atom. The molecule has 1 aromatic carbocycles. The molecule has 2 rings (SSSR count). The molecule has 5 heteroatoms. The van der Waals surface area contributed by atoms with Crippen molar-refractivity contribution in [3.63, 3.8) is 0 Å². The van der Waals surface area contributed by atoms with Gasteiger partial charge >= 0.3 is 0 Å². The molecule has 1 amide bonds. The predicted molar refractivity (Wildman–Crippen MR) is 71.3 cm³/mol. The first-order valence-corrected chi connectivity index (χ1v) is 6.16. The monoisotopic (exact) mass is 266 g/mol. The van der Waals surface area contributed by atoms with Gasteiger partial charge in [-0.1, -0.05) is 17.7 Å². The van der Waals surface area contributed by atoms with Crippen molar-refractivity contribution < 1.29 is 9.59 Å². The van der Waals surface area contributed by atoms with Crippen LogP contribution in [0, 0.1) is 0 Å². The van der Waals surface area contributed by atoms with Crippen molar-refractivity contribution >= 4 is 29.5 Å². The van der Waals surface area contributed by atoms with Gasteiger partial charge < -0.3 is 10.2 Å². The van der Waals surface area contributed by atoms with E-state index in [-0.39, 0.29) is 5.91 Å². The Hall–Kier alpha value is -1.55. The van der Waals surface area contributed by atoms with Gasteiger partial charge in [-0.05, 0) is 26.0 Å². The first-order valence-electron chi connectivity index (χ1n) is 5.78. The molecule has 18 heavy (non-hydrogen) atoms. The average Bonchev–Trinajstić information content (AvgIpc) is 2.33. The van der Waals surface area contributed by atoms with Gasteiger partial charge in [-0.15, -0.1) is 0 Å². The molecule has 4 nitrogen and oxygen atoms in total. The van der Waals surface area contributed by atoms with Gasteiger partial charge in [0.15, 0.2) is 6.29 Å². The molecule has 1 aromatic rings. The van der Waals surface area contributed by atoms with Crippen molar-refractivity contribution in [2.45, 2.75) is 19.4 Å². The molecule has 0 bridgehead atoms. The van der Waals surface area contributed by atoms with Gasteiger partial charge in [0.05, 0.1) is 10.7 Å². The van der Waals surface area contributed by atoms with Crippen LogP contribution in [0.1, 0.15) is 24.2 Å². The Balaban J connectivity index is 2.54. The van der Waals surface area contributed by atoms with Crippen molar-refractivity contribution in [1.29, 1.82) is 0 Å². The molecule has 0 radical (unpaired) electrons. The largest absolute Gasteiger partial charge is 0.354 e. The lowest BCUT2D eigenvalue weighted by Gasteiger charge is -2.43. The van der Waals surface area contributed by atoms with Crippen molar-refractivity contribution in [2.24, 2.45) is 0 Å². The summed E-state index contributed by atoms with van der Waals surface area (Å²) in [4.78, 5) is 24.9. The Morgan fingerprint density at radius 3 is 2.83 bits per heavy atom. The smallest absolute Gasteiger partial charge is 0.245 e. The summed E-state index contributed by atoms with van der Waals surface area (Å²) in [7, 11) is 0. The van der Waals surface area contributed by atoms with Crippen molar-refractivity contribution in [3.8, 4) is 0 Å². The van der Waals surface area contributed by atoms with Crippen LogP contribution in [0.2, 0.25) is 5.02 Å². The number of carbonyl (C=O) groups excluding carboxylic acids is 2. The summed E-state index contributed by atoms with van der Waals surface area (Å²) in [5.74, 6) is -0.0643. The highest BCUT2D eigenvalue weighted by Gasteiger charge is 2.39. The van der Waals surface area contributed by atoms with E-state index in [2.05, 4.69) is 5.32 Å². The van der Waals surface area contributed by atoms with Crippen molar-refractivity contribution in [1.82, 2.24) is 5.32 Å². The fourth-order valence-corrected chi connectivity index (χ4v) is 2.49. The molecule has 1 aliphatic heterocycles. The van der Waals surface area contributed by atoms with Crippen LogP contribution < -0.4 is 10.2 Å². The lowest BCUT2D eigenvalue weighted by molar-refractivity contribution is -0.126. The lowest BCUT2D eigenvalue weighted by Crippen LogP contribution is -2.62. The number of rotatable bonds is 2. The molecule has 1 N–H and O–H groups in total. The van der Waals surface area contributed by atoms with Crippen LogP contribution in [-0.2, 0) is 4.79 Å². The second kappa shape index (κ2) is 4.61. The summed E-state index contributed by atoms with van der Waals surface area (Å²) in [5, 5.41) is 3.31. The normalized spacial score (nSPS) is 18.4. The number of anilines is 1. The molecule has 96 valence electrons. The Labute approximate surface area is 111 Å². The minimum Gasteiger partial charge on any atom is -0.354 e. The molecule has 1 saturated heterocycles. The highest BCUT2D eigenvalue weighted by molar-refractivity contribution is 6.34. The summed E-state index contributed by atoms with van der Waals surface area (Å²) < 4.78 is 0. The van der Waals surface area contributed by atoms with Gasteiger partial charge in [0, 0.05) is 18.7 Å². The third kappa shape index (κ3) is 1.97. The van der Waals surface area contributed by atoms with E-state index in [1.54, 1.807) is 18.2 Å². The fourth-order valence-electron chi connectivity index (χ4n) is 2.20. The molecule has 0 aliphatic carbocycles. The highest BCUT2D eigenvalue weighted by Crippen LogP contribution is 2.34. The Kier molecular flexibility index (Phi) is 3.30. The van der Waals surface area contributed by atoms with E-state index in [9.17, 15) is 9.59 Å². The molecule has 0 spiro atoms. The third-order valence-corrected chi connectivity index (χ3v) is 3.57. The summed E-state index contributed by atoms with van der Waals surface area (Å²) in [6.07, 6.45) is 0.768. The van der Waals surface area contributed by atoms with Gasteiger partial charge in [0.2, 0.25) is 5.91 Å². The summed E-state index contributed by atoms with van der Waals surface area (Å²) in [6.45, 7) is 4.81. The second-order valence-electron chi connectivity index (χ2n) is 4.76. The molecular formula is C13H15ClN2O2. The zero-order chi connectivity index (χ0) is 13.3. The van der Waals surface area contributed by atoms with Crippen LogP contribution in [0.15, 0.2) is 18.2 Å². The van der Waals surface area contributed by atoms with Crippen LogP contribution in [0.5, 0.6) is 0 Å². The molecule has 0 unspecified atom stereocenters. The topological polar surface area (TPSA) is 49.4 Å². The van der Waals surface area contributed by atoms with Gasteiger partial charge in [0.1, 0.15) is 5.54 Å². The van der Waals surface area contributed by atoms with Gasteiger partial charge in [-0.3, -0.25) is 9.59 Å².